The second kappa shape index (κ2) is 10.8. The highest BCUT2D eigenvalue weighted by Crippen LogP contribution is 2.67. The van der Waals surface area contributed by atoms with Gasteiger partial charge in [-0.05, 0) is 67.4 Å². The number of carbonyl (C=O) groups is 3. The van der Waals surface area contributed by atoms with E-state index in [1.165, 1.54) is 0 Å². The second-order valence-electron chi connectivity index (χ2n) is 12.5. The Morgan fingerprint density at radius 1 is 1.12 bits per heavy atom. The number of halogens is 6. The Morgan fingerprint density at radius 2 is 1.76 bits per heavy atom. The normalized spacial score (nSPS) is 28.3. The lowest BCUT2D eigenvalue weighted by Gasteiger charge is -2.33. The van der Waals surface area contributed by atoms with Gasteiger partial charge in [-0.25, -0.2) is 4.39 Å². The number of Topliss-reactive ketones (excluding diaryl/α,β-unsaturated/α-hetero) is 1. The van der Waals surface area contributed by atoms with E-state index in [1.807, 2.05) is 0 Å². The highest BCUT2D eigenvalue weighted by Gasteiger charge is 2.63. The summed E-state index contributed by atoms with van der Waals surface area (Å²) in [5, 5.41) is 12.8. The van der Waals surface area contributed by atoms with Crippen molar-refractivity contribution in [1.29, 1.82) is 0 Å². The third-order valence-electron chi connectivity index (χ3n) is 9.78. The molecule has 3 aliphatic carbocycles. The molecule has 6 atom stereocenters. The number of nitrogens with zero attached hydrogens (tertiary/aromatic N) is 3. The fourth-order valence-corrected chi connectivity index (χ4v) is 7.88. The van der Waals surface area contributed by atoms with Crippen molar-refractivity contribution in [2.45, 2.75) is 71.1 Å². The van der Waals surface area contributed by atoms with Gasteiger partial charge in [-0.2, -0.15) is 18.3 Å². The number of carbonyl (C=O) groups excluding carboxylic acids is 2. The molecule has 13 heteroatoms. The fraction of sp³-hybridized carbons (Fsp3) is 0.586. The Morgan fingerprint density at radius 3 is 2.33 bits per heavy atom. The largest absolute Gasteiger partial charge is 0.481 e. The van der Waals surface area contributed by atoms with Crippen molar-refractivity contribution in [1.82, 2.24) is 14.7 Å². The van der Waals surface area contributed by atoms with Crippen LogP contribution < -0.4 is 0 Å². The van der Waals surface area contributed by atoms with Crippen molar-refractivity contribution in [3.63, 3.8) is 0 Å². The summed E-state index contributed by atoms with van der Waals surface area (Å²) < 4.78 is 58.7. The first-order valence-corrected chi connectivity index (χ1v) is 14.6. The average Bonchev–Trinajstić information content (AvgIpc) is 3.33. The zero-order chi connectivity index (χ0) is 30.9. The van der Waals surface area contributed by atoms with Crippen molar-refractivity contribution < 1.29 is 37.1 Å². The van der Waals surface area contributed by atoms with E-state index in [-0.39, 0.29) is 47.1 Å². The maximum absolute atomic E-state index is 14.6. The van der Waals surface area contributed by atoms with Crippen molar-refractivity contribution in [2.75, 3.05) is 6.54 Å². The van der Waals surface area contributed by atoms with Crippen LogP contribution in [-0.2, 0) is 11.0 Å². The molecule has 3 fully saturated rings. The molecule has 3 aliphatic rings. The number of carboxylic acids is 1. The number of hydrogen-bond acceptors (Lipinski definition) is 4. The summed E-state index contributed by atoms with van der Waals surface area (Å²) in [4.78, 5) is 40.0. The van der Waals surface area contributed by atoms with E-state index < -0.39 is 76.4 Å². The van der Waals surface area contributed by atoms with Crippen molar-refractivity contribution in [3.8, 4) is 0 Å². The van der Waals surface area contributed by atoms with Crippen LogP contribution in [-0.4, -0.2) is 50.0 Å². The van der Waals surface area contributed by atoms with Gasteiger partial charge in [0.05, 0.1) is 45.9 Å². The van der Waals surface area contributed by atoms with E-state index in [4.69, 9.17) is 23.2 Å². The summed E-state index contributed by atoms with van der Waals surface area (Å²) in [5.74, 6) is -4.25. The number of benzene rings is 1. The van der Waals surface area contributed by atoms with Gasteiger partial charge in [0.15, 0.2) is 11.5 Å². The molecule has 7 nitrogen and oxygen atoms in total. The number of hydrogen-bond donors (Lipinski definition) is 1. The molecule has 3 saturated carbocycles. The maximum Gasteiger partial charge on any atom is 0.433 e. The molecule has 228 valence electrons. The monoisotopic (exact) mass is 631 g/mol. The molecule has 0 spiro atoms. The minimum Gasteiger partial charge on any atom is -0.481 e. The van der Waals surface area contributed by atoms with Crippen molar-refractivity contribution in [2.24, 2.45) is 29.1 Å². The van der Waals surface area contributed by atoms with Gasteiger partial charge in [-0.15, -0.1) is 0 Å². The smallest absolute Gasteiger partial charge is 0.433 e. The fourth-order valence-electron chi connectivity index (χ4n) is 7.30. The Labute approximate surface area is 250 Å². The number of ketones is 1. The van der Waals surface area contributed by atoms with Crippen LogP contribution in [0.1, 0.15) is 85.3 Å². The second-order valence-corrected chi connectivity index (χ2v) is 13.3. The molecule has 0 bridgehead atoms. The van der Waals surface area contributed by atoms with Crippen LogP contribution >= 0.6 is 23.2 Å². The van der Waals surface area contributed by atoms with E-state index in [0.717, 1.165) is 27.9 Å². The number of fused-ring (bicyclic) bond motifs is 1. The summed E-state index contributed by atoms with van der Waals surface area (Å²) >= 11 is 12.2. The summed E-state index contributed by atoms with van der Waals surface area (Å²) in [6.45, 7) is 5.22. The third kappa shape index (κ3) is 5.31. The highest BCUT2D eigenvalue weighted by atomic mass is 35.5. The van der Waals surface area contributed by atoms with Crippen LogP contribution in [0.5, 0.6) is 0 Å². The van der Waals surface area contributed by atoms with Crippen LogP contribution in [0, 0.1) is 34.9 Å². The van der Waals surface area contributed by atoms with Gasteiger partial charge in [0, 0.05) is 6.04 Å². The lowest BCUT2D eigenvalue weighted by molar-refractivity contribution is -0.149. The SMILES string of the molecule is CC1CC(n2ncc(C(=O)N(CC(=O)c3c(Cl)ccc(F)c3Cl)[C@H]3C[C@@H]4[C@H](C3)C4(C)C)c2C(F)(F)F)CCC1C(=O)O. The van der Waals surface area contributed by atoms with E-state index in [1.54, 1.807) is 6.92 Å². The molecule has 3 unspecified atom stereocenters. The molecule has 1 heterocycles. The summed E-state index contributed by atoms with van der Waals surface area (Å²) in [7, 11) is 0. The molecule has 1 aromatic heterocycles. The first kappa shape index (κ1) is 30.8. The van der Waals surface area contributed by atoms with E-state index in [9.17, 15) is 37.1 Å². The first-order chi connectivity index (χ1) is 19.5. The number of alkyl halides is 3. The standard InChI is InChI=1S/C29H31Cl2F4N3O4/c1-13-8-14(4-5-16(13)27(41)42)38-25(29(33,34)35)17(11-36-38)26(40)37(15-9-18-19(10-15)28(18,2)3)12-22(39)23-20(30)6-7-21(32)24(23)31/h6-7,11,13-16,18-19H,4-5,8-10,12H2,1-3H3,(H,41,42)/t13?,14?,15-,16?,18+,19-. The molecule has 42 heavy (non-hydrogen) atoms. The predicted molar refractivity (Wildman–Crippen MR) is 146 cm³/mol. The van der Waals surface area contributed by atoms with Gasteiger partial charge < -0.3 is 10.0 Å². The first-order valence-electron chi connectivity index (χ1n) is 13.9. The van der Waals surface area contributed by atoms with Gasteiger partial charge in [0.2, 0.25) is 0 Å². The third-order valence-corrected chi connectivity index (χ3v) is 10.5. The predicted octanol–water partition coefficient (Wildman–Crippen LogP) is 7.17. The van der Waals surface area contributed by atoms with Crippen molar-refractivity contribution in [3.05, 3.63) is 51.0 Å². The number of amides is 1. The van der Waals surface area contributed by atoms with Gasteiger partial charge in [-0.3, -0.25) is 19.1 Å². The van der Waals surface area contributed by atoms with Crippen molar-refractivity contribution >= 4 is 40.9 Å². The molecule has 1 amide bonds. The van der Waals surface area contributed by atoms with E-state index >= 15 is 0 Å². The molecule has 0 saturated heterocycles. The van der Waals surface area contributed by atoms with Gasteiger partial charge >= 0.3 is 12.1 Å². The summed E-state index contributed by atoms with van der Waals surface area (Å²) in [6, 6.07) is 0.868. The van der Waals surface area contributed by atoms with Gasteiger partial charge in [0.25, 0.3) is 5.91 Å². The molecule has 5 rings (SSSR count). The number of aromatic nitrogens is 2. The number of carboxylic acid groups (broad SMARTS) is 1. The average molecular weight is 632 g/mol. The molecule has 1 aromatic carbocycles. The van der Waals surface area contributed by atoms with Crippen LogP contribution in [0.15, 0.2) is 18.3 Å². The summed E-state index contributed by atoms with van der Waals surface area (Å²) in [6.07, 6.45) is -2.59. The van der Waals surface area contributed by atoms with E-state index in [2.05, 4.69) is 18.9 Å². The van der Waals surface area contributed by atoms with Gasteiger partial charge in [-0.1, -0.05) is 44.0 Å². The number of rotatable bonds is 7. The zero-order valence-corrected chi connectivity index (χ0v) is 24.7. The minimum absolute atomic E-state index is 0.0396. The highest BCUT2D eigenvalue weighted by molar-refractivity contribution is 6.40. The van der Waals surface area contributed by atoms with Crippen LogP contribution in [0.2, 0.25) is 10.0 Å². The Bertz CT molecular complexity index is 1430. The topological polar surface area (TPSA) is 92.5 Å². The minimum atomic E-state index is -4.96. The van der Waals surface area contributed by atoms with Crippen LogP contribution in [0.3, 0.4) is 0 Å². The molecule has 1 N–H and O–H groups in total. The zero-order valence-electron chi connectivity index (χ0n) is 23.2. The molecule has 0 radical (unpaired) electrons. The molecular formula is C29H31Cl2F4N3O4. The van der Waals surface area contributed by atoms with E-state index in [0.29, 0.717) is 12.8 Å². The molecular weight excluding hydrogens is 601 g/mol. The molecule has 2 aromatic rings. The van der Waals surface area contributed by atoms with Crippen LogP contribution in [0.25, 0.3) is 0 Å². The number of aliphatic carboxylic acids is 1. The lowest BCUT2D eigenvalue weighted by Crippen LogP contribution is -2.44. The quantitative estimate of drug-likeness (QED) is 0.199. The molecule has 0 aliphatic heterocycles. The Kier molecular flexibility index (Phi) is 7.92. The summed E-state index contributed by atoms with van der Waals surface area (Å²) in [5.41, 5.74) is -2.23. The van der Waals surface area contributed by atoms with Gasteiger partial charge in [0.1, 0.15) is 5.82 Å². The Balaban J connectivity index is 1.50. The van der Waals surface area contributed by atoms with Crippen LogP contribution in [0.4, 0.5) is 17.6 Å². The lowest BCUT2D eigenvalue weighted by atomic mass is 9.78. The Hall–Kier alpha value is -2.66. The maximum atomic E-state index is 14.6.